The Morgan fingerprint density at radius 2 is 2.26 bits per heavy atom. The third-order valence-corrected chi connectivity index (χ3v) is 3.87. The molecule has 98 valence electrons. The lowest BCUT2D eigenvalue weighted by Crippen LogP contribution is -2.48. The van der Waals surface area contributed by atoms with Gasteiger partial charge in [-0.2, -0.15) is 0 Å². The standard InChI is InChI=1S/C15H17N3O/c1-10(12-8-17-9-12)15(19)18-14-4-2-3-11-7-16-6-5-13(11)14/h2-7,10,12,17H,8-9H2,1H3,(H,18,19). The van der Waals surface area contributed by atoms with Crippen molar-refractivity contribution < 1.29 is 4.79 Å². The number of anilines is 1. The van der Waals surface area contributed by atoms with E-state index in [0.717, 1.165) is 29.5 Å². The Labute approximate surface area is 112 Å². The van der Waals surface area contributed by atoms with Gasteiger partial charge in [0.1, 0.15) is 0 Å². The minimum Gasteiger partial charge on any atom is -0.325 e. The average Bonchev–Trinajstić information content (AvgIpc) is 2.37. The minimum atomic E-state index is 0.0401. The Morgan fingerprint density at radius 1 is 1.42 bits per heavy atom. The van der Waals surface area contributed by atoms with E-state index in [0.29, 0.717) is 5.92 Å². The molecule has 2 aromatic rings. The lowest BCUT2D eigenvalue weighted by molar-refractivity contribution is -0.121. The van der Waals surface area contributed by atoms with Gasteiger partial charge in [0.25, 0.3) is 0 Å². The predicted octanol–water partition coefficient (Wildman–Crippen LogP) is 2.03. The summed E-state index contributed by atoms with van der Waals surface area (Å²) in [5.41, 5.74) is 0.865. The van der Waals surface area contributed by atoms with E-state index in [1.54, 1.807) is 6.20 Å². The maximum atomic E-state index is 12.2. The molecular formula is C15H17N3O. The number of carbonyl (C=O) groups is 1. The first-order valence-electron chi connectivity index (χ1n) is 6.60. The summed E-state index contributed by atoms with van der Waals surface area (Å²) in [6.07, 6.45) is 3.56. The summed E-state index contributed by atoms with van der Waals surface area (Å²) in [4.78, 5) is 16.3. The van der Waals surface area contributed by atoms with E-state index < -0.39 is 0 Å². The van der Waals surface area contributed by atoms with Gasteiger partial charge in [0, 0.05) is 34.8 Å². The zero-order valence-electron chi connectivity index (χ0n) is 10.9. The minimum absolute atomic E-state index is 0.0401. The van der Waals surface area contributed by atoms with Crippen LogP contribution < -0.4 is 10.6 Å². The second kappa shape index (κ2) is 4.97. The molecule has 1 amide bonds. The topological polar surface area (TPSA) is 54.0 Å². The zero-order chi connectivity index (χ0) is 13.2. The van der Waals surface area contributed by atoms with Crippen molar-refractivity contribution in [1.29, 1.82) is 0 Å². The first-order valence-corrected chi connectivity index (χ1v) is 6.60. The second-order valence-corrected chi connectivity index (χ2v) is 5.10. The van der Waals surface area contributed by atoms with Gasteiger partial charge in [-0.25, -0.2) is 0 Å². The van der Waals surface area contributed by atoms with Crippen molar-refractivity contribution in [2.45, 2.75) is 6.92 Å². The monoisotopic (exact) mass is 255 g/mol. The van der Waals surface area contributed by atoms with Gasteiger partial charge >= 0.3 is 0 Å². The van der Waals surface area contributed by atoms with E-state index in [1.165, 1.54) is 0 Å². The number of carbonyl (C=O) groups excluding carboxylic acids is 1. The molecule has 1 unspecified atom stereocenters. The first kappa shape index (κ1) is 12.1. The molecule has 0 saturated carbocycles. The Kier molecular flexibility index (Phi) is 3.17. The molecule has 2 heterocycles. The number of amides is 1. The van der Waals surface area contributed by atoms with Gasteiger partial charge < -0.3 is 10.6 Å². The summed E-state index contributed by atoms with van der Waals surface area (Å²) in [7, 11) is 0. The summed E-state index contributed by atoms with van der Waals surface area (Å²) >= 11 is 0. The van der Waals surface area contributed by atoms with Crippen LogP contribution in [0.2, 0.25) is 0 Å². The molecule has 1 aromatic heterocycles. The molecular weight excluding hydrogens is 238 g/mol. The van der Waals surface area contributed by atoms with Crippen molar-refractivity contribution in [2.24, 2.45) is 11.8 Å². The normalized spacial score (nSPS) is 16.9. The van der Waals surface area contributed by atoms with Crippen molar-refractivity contribution >= 4 is 22.4 Å². The number of fused-ring (bicyclic) bond motifs is 1. The number of rotatable bonds is 3. The van der Waals surface area contributed by atoms with E-state index in [1.807, 2.05) is 37.4 Å². The van der Waals surface area contributed by atoms with Crippen molar-refractivity contribution in [3.8, 4) is 0 Å². The van der Waals surface area contributed by atoms with E-state index in [9.17, 15) is 4.79 Å². The molecule has 19 heavy (non-hydrogen) atoms. The average molecular weight is 255 g/mol. The van der Waals surface area contributed by atoms with Crippen molar-refractivity contribution in [2.75, 3.05) is 18.4 Å². The van der Waals surface area contributed by atoms with Crippen LogP contribution in [-0.4, -0.2) is 24.0 Å². The second-order valence-electron chi connectivity index (χ2n) is 5.10. The summed E-state index contributed by atoms with van der Waals surface area (Å²) in [6, 6.07) is 7.80. The van der Waals surface area contributed by atoms with Crippen molar-refractivity contribution in [3.05, 3.63) is 36.7 Å². The van der Waals surface area contributed by atoms with Crippen LogP contribution in [0.25, 0.3) is 10.8 Å². The molecule has 3 rings (SSSR count). The molecule has 4 heteroatoms. The van der Waals surface area contributed by atoms with Gasteiger partial charge in [0.15, 0.2) is 0 Å². The van der Waals surface area contributed by atoms with Gasteiger partial charge in [-0.1, -0.05) is 19.1 Å². The van der Waals surface area contributed by atoms with Crippen LogP contribution in [0, 0.1) is 11.8 Å². The molecule has 1 saturated heterocycles. The van der Waals surface area contributed by atoms with Crippen LogP contribution in [0.3, 0.4) is 0 Å². The SMILES string of the molecule is CC(C(=O)Nc1cccc2cnccc12)C1CNC1. The summed E-state index contributed by atoms with van der Waals surface area (Å²) in [6.45, 7) is 3.87. The smallest absolute Gasteiger partial charge is 0.227 e. The molecule has 1 aliphatic rings. The molecule has 1 atom stereocenters. The summed E-state index contributed by atoms with van der Waals surface area (Å²) < 4.78 is 0. The highest BCUT2D eigenvalue weighted by atomic mass is 16.1. The lowest BCUT2D eigenvalue weighted by atomic mass is 9.88. The van der Waals surface area contributed by atoms with Crippen molar-refractivity contribution in [1.82, 2.24) is 10.3 Å². The molecule has 1 aromatic carbocycles. The predicted molar refractivity (Wildman–Crippen MR) is 75.9 cm³/mol. The van der Waals surface area contributed by atoms with Gasteiger partial charge in [-0.3, -0.25) is 9.78 Å². The number of benzene rings is 1. The van der Waals surface area contributed by atoms with Crippen LogP contribution in [0.5, 0.6) is 0 Å². The highest BCUT2D eigenvalue weighted by Crippen LogP contribution is 2.24. The number of aromatic nitrogens is 1. The molecule has 2 N–H and O–H groups in total. The summed E-state index contributed by atoms with van der Waals surface area (Å²) in [5.74, 6) is 0.589. The van der Waals surface area contributed by atoms with E-state index in [4.69, 9.17) is 0 Å². The van der Waals surface area contributed by atoms with Gasteiger partial charge in [-0.15, -0.1) is 0 Å². The molecule has 1 fully saturated rings. The largest absolute Gasteiger partial charge is 0.325 e. The van der Waals surface area contributed by atoms with Gasteiger partial charge in [0.2, 0.25) is 5.91 Å². The Hall–Kier alpha value is -1.94. The maximum Gasteiger partial charge on any atom is 0.227 e. The fourth-order valence-electron chi connectivity index (χ4n) is 2.36. The molecule has 4 nitrogen and oxygen atoms in total. The quantitative estimate of drug-likeness (QED) is 0.882. The fraction of sp³-hybridized carbons (Fsp3) is 0.333. The van der Waals surface area contributed by atoms with E-state index in [-0.39, 0.29) is 11.8 Å². The maximum absolute atomic E-state index is 12.2. The lowest BCUT2D eigenvalue weighted by Gasteiger charge is -2.31. The van der Waals surface area contributed by atoms with Crippen molar-refractivity contribution in [3.63, 3.8) is 0 Å². The Bertz CT molecular complexity index is 602. The number of nitrogens with one attached hydrogen (secondary N) is 2. The molecule has 0 bridgehead atoms. The zero-order valence-corrected chi connectivity index (χ0v) is 10.9. The van der Waals surface area contributed by atoms with E-state index >= 15 is 0 Å². The van der Waals surface area contributed by atoms with Crippen LogP contribution in [-0.2, 0) is 4.79 Å². The van der Waals surface area contributed by atoms with Crippen LogP contribution in [0.15, 0.2) is 36.7 Å². The highest BCUT2D eigenvalue weighted by molar-refractivity contribution is 6.02. The Balaban J connectivity index is 1.82. The summed E-state index contributed by atoms with van der Waals surface area (Å²) in [5, 5.41) is 8.31. The van der Waals surface area contributed by atoms with Crippen LogP contribution in [0.1, 0.15) is 6.92 Å². The number of hydrogen-bond acceptors (Lipinski definition) is 3. The van der Waals surface area contributed by atoms with Crippen LogP contribution in [0.4, 0.5) is 5.69 Å². The molecule has 0 radical (unpaired) electrons. The number of nitrogens with zero attached hydrogens (tertiary/aromatic N) is 1. The number of pyridine rings is 1. The van der Waals surface area contributed by atoms with Gasteiger partial charge in [-0.05, 0) is 31.1 Å². The first-order chi connectivity index (χ1) is 9.25. The Morgan fingerprint density at radius 3 is 3.00 bits per heavy atom. The highest BCUT2D eigenvalue weighted by Gasteiger charge is 2.28. The molecule has 0 spiro atoms. The van der Waals surface area contributed by atoms with Crippen LogP contribution >= 0.6 is 0 Å². The third kappa shape index (κ3) is 2.31. The van der Waals surface area contributed by atoms with E-state index in [2.05, 4.69) is 15.6 Å². The van der Waals surface area contributed by atoms with Gasteiger partial charge in [0.05, 0.1) is 0 Å². The molecule has 1 aliphatic heterocycles. The fourth-order valence-corrected chi connectivity index (χ4v) is 2.36. The number of hydrogen-bond donors (Lipinski definition) is 2. The molecule has 0 aliphatic carbocycles. The third-order valence-electron chi connectivity index (χ3n) is 3.87.